The molecule has 0 radical (unpaired) electrons. The predicted molar refractivity (Wildman–Crippen MR) is 137 cm³/mol. The Morgan fingerprint density at radius 1 is 1.00 bits per heavy atom. The molecule has 0 N–H and O–H groups in total. The number of nitrogens with zero attached hydrogens (tertiary/aromatic N) is 3. The zero-order valence-corrected chi connectivity index (χ0v) is 20.9. The number of ether oxygens (including phenoxy) is 1. The summed E-state index contributed by atoms with van der Waals surface area (Å²) in [7, 11) is 1.62. The van der Waals surface area contributed by atoms with Crippen molar-refractivity contribution in [1.29, 1.82) is 0 Å². The summed E-state index contributed by atoms with van der Waals surface area (Å²) < 4.78 is 5.28. The molecule has 0 aromatic heterocycles. The molecule has 2 saturated heterocycles. The number of thioether (sulfide) groups is 1. The van der Waals surface area contributed by atoms with E-state index in [4.69, 9.17) is 4.74 Å². The standard InChI is InChI=1S/C27H31N3O4S/c1-34-21-5-2-4-19(18-21)8-13-30-26(32)22-6-3-7-23(24(22)27(30)33)28-11-9-20(10-12-28)25(31)29-14-16-35-17-15-29/h2-7,18,20H,8-17H2,1H3. The average molecular weight is 494 g/mol. The number of methoxy groups -OCH3 is 1. The second-order valence-corrected chi connectivity index (χ2v) is 10.5. The molecule has 35 heavy (non-hydrogen) atoms. The lowest BCUT2D eigenvalue weighted by Crippen LogP contribution is -2.45. The molecular weight excluding hydrogens is 462 g/mol. The van der Waals surface area contributed by atoms with Gasteiger partial charge in [0.15, 0.2) is 0 Å². The zero-order chi connectivity index (χ0) is 24.4. The van der Waals surface area contributed by atoms with E-state index in [0.29, 0.717) is 37.2 Å². The SMILES string of the molecule is COc1cccc(CCN2C(=O)c3cccc(N4CCC(C(=O)N5CCSCC5)CC4)c3C2=O)c1. The van der Waals surface area contributed by atoms with Crippen molar-refractivity contribution in [2.45, 2.75) is 19.3 Å². The number of piperidine rings is 1. The Balaban J connectivity index is 1.26. The highest BCUT2D eigenvalue weighted by Crippen LogP contribution is 2.34. The van der Waals surface area contributed by atoms with Crippen molar-refractivity contribution in [3.63, 3.8) is 0 Å². The number of imide groups is 1. The van der Waals surface area contributed by atoms with E-state index in [0.717, 1.165) is 54.4 Å². The van der Waals surface area contributed by atoms with E-state index in [-0.39, 0.29) is 23.6 Å². The average Bonchev–Trinajstić information content (AvgIpc) is 3.17. The Hall–Kier alpha value is -3.00. The van der Waals surface area contributed by atoms with Crippen LogP contribution in [-0.2, 0) is 11.2 Å². The van der Waals surface area contributed by atoms with Crippen LogP contribution in [0.1, 0.15) is 39.1 Å². The Bertz CT molecular complexity index is 1120. The number of hydrogen-bond acceptors (Lipinski definition) is 6. The van der Waals surface area contributed by atoms with Gasteiger partial charge in [-0.05, 0) is 49.1 Å². The van der Waals surface area contributed by atoms with E-state index < -0.39 is 0 Å². The van der Waals surface area contributed by atoms with Crippen LogP contribution in [-0.4, -0.2) is 78.9 Å². The number of amides is 3. The van der Waals surface area contributed by atoms with Gasteiger partial charge in [0.1, 0.15) is 5.75 Å². The Kier molecular flexibility index (Phi) is 7.00. The minimum Gasteiger partial charge on any atom is -0.497 e. The lowest BCUT2D eigenvalue weighted by molar-refractivity contribution is -0.135. The van der Waals surface area contributed by atoms with Gasteiger partial charge in [-0.1, -0.05) is 18.2 Å². The van der Waals surface area contributed by atoms with Crippen molar-refractivity contribution < 1.29 is 19.1 Å². The van der Waals surface area contributed by atoms with Crippen LogP contribution in [0.2, 0.25) is 0 Å². The minimum absolute atomic E-state index is 0.0443. The highest BCUT2D eigenvalue weighted by molar-refractivity contribution is 7.99. The quantitative estimate of drug-likeness (QED) is 0.575. The molecule has 3 aliphatic heterocycles. The van der Waals surface area contributed by atoms with Gasteiger partial charge in [0, 0.05) is 50.1 Å². The largest absolute Gasteiger partial charge is 0.497 e. The Labute approximate surface area is 210 Å². The van der Waals surface area contributed by atoms with Crippen LogP contribution in [0, 0.1) is 5.92 Å². The number of benzene rings is 2. The van der Waals surface area contributed by atoms with E-state index in [1.165, 1.54) is 4.90 Å². The molecule has 8 heteroatoms. The lowest BCUT2D eigenvalue weighted by Gasteiger charge is -2.36. The molecular formula is C27H31N3O4S. The van der Waals surface area contributed by atoms with Crippen LogP contribution >= 0.6 is 11.8 Å². The van der Waals surface area contributed by atoms with Crippen LogP contribution in [0.15, 0.2) is 42.5 Å². The molecule has 3 heterocycles. The fourth-order valence-electron chi connectivity index (χ4n) is 5.26. The smallest absolute Gasteiger partial charge is 0.263 e. The van der Waals surface area contributed by atoms with Crippen LogP contribution in [0.5, 0.6) is 5.75 Å². The van der Waals surface area contributed by atoms with Crippen LogP contribution < -0.4 is 9.64 Å². The van der Waals surface area contributed by atoms with E-state index in [9.17, 15) is 14.4 Å². The first kappa shape index (κ1) is 23.7. The lowest BCUT2D eigenvalue weighted by atomic mass is 9.94. The molecule has 2 aromatic carbocycles. The van der Waals surface area contributed by atoms with Crippen molar-refractivity contribution in [2.24, 2.45) is 5.92 Å². The molecule has 7 nitrogen and oxygen atoms in total. The van der Waals surface area contributed by atoms with E-state index in [2.05, 4.69) is 4.90 Å². The van der Waals surface area contributed by atoms with Gasteiger partial charge in [-0.3, -0.25) is 19.3 Å². The molecule has 2 aromatic rings. The summed E-state index contributed by atoms with van der Waals surface area (Å²) in [6.45, 7) is 3.43. The fourth-order valence-corrected chi connectivity index (χ4v) is 6.16. The summed E-state index contributed by atoms with van der Waals surface area (Å²) in [6, 6.07) is 13.2. The van der Waals surface area contributed by atoms with Gasteiger partial charge in [0.05, 0.1) is 23.9 Å². The second-order valence-electron chi connectivity index (χ2n) is 9.26. The normalized spacial score (nSPS) is 18.7. The maximum atomic E-state index is 13.4. The third kappa shape index (κ3) is 4.76. The first-order valence-corrected chi connectivity index (χ1v) is 13.5. The highest BCUT2D eigenvalue weighted by atomic mass is 32.2. The maximum absolute atomic E-state index is 13.4. The number of fused-ring (bicyclic) bond motifs is 1. The molecule has 0 saturated carbocycles. The van der Waals surface area contributed by atoms with Gasteiger partial charge < -0.3 is 14.5 Å². The first-order valence-electron chi connectivity index (χ1n) is 12.3. The molecule has 0 atom stereocenters. The zero-order valence-electron chi connectivity index (χ0n) is 20.1. The van der Waals surface area contributed by atoms with Crippen LogP contribution in [0.3, 0.4) is 0 Å². The summed E-state index contributed by atoms with van der Waals surface area (Å²) in [5.41, 5.74) is 2.80. The summed E-state index contributed by atoms with van der Waals surface area (Å²) in [6.07, 6.45) is 2.11. The molecule has 5 rings (SSSR count). The highest BCUT2D eigenvalue weighted by Gasteiger charge is 2.39. The fraction of sp³-hybridized carbons (Fsp3) is 0.444. The molecule has 3 amide bonds. The molecule has 0 aliphatic carbocycles. The van der Waals surface area contributed by atoms with E-state index in [1.54, 1.807) is 13.2 Å². The van der Waals surface area contributed by atoms with Crippen molar-refractivity contribution in [3.8, 4) is 5.75 Å². The third-order valence-electron chi connectivity index (χ3n) is 7.24. The number of carbonyl (C=O) groups is 3. The summed E-state index contributed by atoms with van der Waals surface area (Å²) in [5, 5.41) is 0. The summed E-state index contributed by atoms with van der Waals surface area (Å²) in [5.74, 6) is 2.65. The maximum Gasteiger partial charge on any atom is 0.263 e. The van der Waals surface area contributed by atoms with Gasteiger partial charge in [-0.25, -0.2) is 0 Å². The van der Waals surface area contributed by atoms with Crippen LogP contribution in [0.25, 0.3) is 0 Å². The minimum atomic E-state index is -0.234. The number of hydrogen-bond donors (Lipinski definition) is 0. The predicted octanol–water partition coefficient (Wildman–Crippen LogP) is 3.33. The van der Waals surface area contributed by atoms with Crippen molar-refractivity contribution in [2.75, 3.05) is 56.2 Å². The number of carbonyl (C=O) groups excluding carboxylic acids is 3. The van der Waals surface area contributed by atoms with E-state index >= 15 is 0 Å². The molecule has 184 valence electrons. The van der Waals surface area contributed by atoms with Crippen molar-refractivity contribution in [3.05, 3.63) is 59.2 Å². The molecule has 3 aliphatic rings. The van der Waals surface area contributed by atoms with Gasteiger partial charge in [0.2, 0.25) is 5.91 Å². The third-order valence-corrected chi connectivity index (χ3v) is 8.19. The second kappa shape index (κ2) is 10.3. The molecule has 2 fully saturated rings. The number of rotatable bonds is 6. The molecule has 0 unspecified atom stereocenters. The number of anilines is 1. The Morgan fingerprint density at radius 3 is 2.49 bits per heavy atom. The van der Waals surface area contributed by atoms with E-state index in [1.807, 2.05) is 53.1 Å². The Morgan fingerprint density at radius 2 is 1.74 bits per heavy atom. The monoisotopic (exact) mass is 493 g/mol. The van der Waals surface area contributed by atoms with Gasteiger partial charge in [0.25, 0.3) is 11.8 Å². The molecule has 0 spiro atoms. The topological polar surface area (TPSA) is 70.2 Å². The van der Waals surface area contributed by atoms with Crippen molar-refractivity contribution in [1.82, 2.24) is 9.80 Å². The summed E-state index contributed by atoms with van der Waals surface area (Å²) >= 11 is 1.90. The summed E-state index contributed by atoms with van der Waals surface area (Å²) in [4.78, 5) is 45.0. The van der Waals surface area contributed by atoms with Gasteiger partial charge in [-0.15, -0.1) is 0 Å². The molecule has 0 bridgehead atoms. The van der Waals surface area contributed by atoms with Crippen LogP contribution in [0.4, 0.5) is 5.69 Å². The first-order chi connectivity index (χ1) is 17.1. The van der Waals surface area contributed by atoms with Crippen molar-refractivity contribution >= 4 is 35.2 Å². The van der Waals surface area contributed by atoms with Gasteiger partial charge >= 0.3 is 0 Å². The van der Waals surface area contributed by atoms with Gasteiger partial charge in [-0.2, -0.15) is 11.8 Å².